The number of anilines is 2. The minimum Gasteiger partial charge on any atom is -0.467 e. The number of benzene rings is 2. The van der Waals surface area contributed by atoms with E-state index >= 15 is 0 Å². The predicted molar refractivity (Wildman–Crippen MR) is 153 cm³/mol. The van der Waals surface area contributed by atoms with Gasteiger partial charge in [-0.25, -0.2) is 23.8 Å². The highest BCUT2D eigenvalue weighted by Gasteiger charge is 2.33. The number of urea groups is 1. The van der Waals surface area contributed by atoms with Crippen LogP contribution in [-0.2, 0) is 13.5 Å². The summed E-state index contributed by atoms with van der Waals surface area (Å²) in [5.74, 6) is 0.440. The lowest BCUT2D eigenvalue weighted by molar-refractivity contribution is 0.0955. The van der Waals surface area contributed by atoms with Crippen molar-refractivity contribution in [1.82, 2.24) is 24.6 Å². The molecule has 1 aliphatic heterocycles. The van der Waals surface area contributed by atoms with E-state index in [9.17, 15) is 14.4 Å². The van der Waals surface area contributed by atoms with Crippen molar-refractivity contribution < 1.29 is 14.3 Å². The molecule has 2 aromatic carbocycles. The van der Waals surface area contributed by atoms with Gasteiger partial charge in [-0.1, -0.05) is 25.1 Å². The van der Waals surface area contributed by atoms with Crippen molar-refractivity contribution in [2.75, 3.05) is 36.5 Å². The van der Waals surface area contributed by atoms with Crippen LogP contribution in [0.2, 0.25) is 0 Å². The SMILES string of the molecule is CCNC(=O)c1cccc(N2CCN(c3nccc(-c4ccc(-n5c(OC)nn(C)c5=O)cc4)c3CC)C2=O)c1. The van der Waals surface area contributed by atoms with Gasteiger partial charge in [0.1, 0.15) is 5.82 Å². The monoisotopic (exact) mass is 541 g/mol. The van der Waals surface area contributed by atoms with E-state index in [0.717, 1.165) is 16.7 Å². The van der Waals surface area contributed by atoms with E-state index in [2.05, 4.69) is 15.4 Å². The van der Waals surface area contributed by atoms with Gasteiger partial charge in [-0.05, 0) is 60.9 Å². The summed E-state index contributed by atoms with van der Waals surface area (Å²) < 4.78 is 7.90. The number of rotatable bonds is 8. The summed E-state index contributed by atoms with van der Waals surface area (Å²) in [7, 11) is 3.04. The zero-order valence-corrected chi connectivity index (χ0v) is 22.9. The van der Waals surface area contributed by atoms with Crippen molar-refractivity contribution in [3.8, 4) is 22.8 Å². The highest BCUT2D eigenvalue weighted by Crippen LogP contribution is 2.33. The van der Waals surface area contributed by atoms with Crippen LogP contribution < -0.4 is 25.5 Å². The number of amides is 3. The molecular formula is C29H31N7O4. The number of ether oxygens (including phenoxy) is 1. The van der Waals surface area contributed by atoms with E-state index in [1.807, 2.05) is 50.2 Å². The van der Waals surface area contributed by atoms with Gasteiger partial charge in [-0.15, -0.1) is 5.10 Å². The molecule has 1 saturated heterocycles. The minimum atomic E-state index is -0.307. The van der Waals surface area contributed by atoms with Crippen LogP contribution in [0.4, 0.5) is 16.3 Å². The number of methoxy groups -OCH3 is 1. The van der Waals surface area contributed by atoms with Crippen LogP contribution in [0.15, 0.2) is 65.6 Å². The molecule has 0 unspecified atom stereocenters. The van der Waals surface area contributed by atoms with Crippen molar-refractivity contribution in [3.63, 3.8) is 0 Å². The standard InChI is InChI=1S/C29H31N7O4/c1-5-23-24(19-10-12-21(13-11-19)36-27(40-4)32-33(3)28(36)38)14-15-31-25(23)35-17-16-34(29(35)39)22-9-7-8-20(18-22)26(37)30-6-2/h7-15,18H,5-6,16-17H2,1-4H3,(H,30,37). The second-order valence-corrected chi connectivity index (χ2v) is 9.29. The molecule has 0 radical (unpaired) electrons. The van der Waals surface area contributed by atoms with Gasteiger partial charge >= 0.3 is 17.7 Å². The molecule has 0 saturated carbocycles. The Morgan fingerprint density at radius 2 is 1.75 bits per heavy atom. The summed E-state index contributed by atoms with van der Waals surface area (Å²) in [6.45, 7) is 5.37. The van der Waals surface area contributed by atoms with Crippen molar-refractivity contribution in [3.05, 3.63) is 82.4 Å². The molecule has 0 atom stereocenters. The molecule has 3 amide bonds. The maximum absolute atomic E-state index is 13.6. The molecule has 0 aliphatic carbocycles. The van der Waals surface area contributed by atoms with Crippen LogP contribution in [0, 0.1) is 0 Å². The number of pyridine rings is 1. The van der Waals surface area contributed by atoms with Gasteiger partial charge < -0.3 is 10.1 Å². The fourth-order valence-corrected chi connectivity index (χ4v) is 4.97. The molecular weight excluding hydrogens is 510 g/mol. The van der Waals surface area contributed by atoms with Crippen molar-refractivity contribution in [2.24, 2.45) is 7.05 Å². The number of nitrogens with zero attached hydrogens (tertiary/aromatic N) is 6. The number of carbonyl (C=O) groups is 2. The molecule has 11 nitrogen and oxygen atoms in total. The molecule has 1 fully saturated rings. The topological polar surface area (TPSA) is 115 Å². The summed E-state index contributed by atoms with van der Waals surface area (Å²) in [5.41, 5.74) is 4.33. The van der Waals surface area contributed by atoms with E-state index in [4.69, 9.17) is 4.74 Å². The molecule has 0 bridgehead atoms. The number of aromatic nitrogens is 4. The highest BCUT2D eigenvalue weighted by atomic mass is 16.5. The molecule has 3 heterocycles. The molecule has 1 aliphatic rings. The van der Waals surface area contributed by atoms with Gasteiger partial charge in [-0.2, -0.15) is 0 Å². The Labute approximate surface area is 231 Å². The normalized spacial score (nSPS) is 13.2. The average Bonchev–Trinajstić information content (AvgIpc) is 3.51. The molecule has 1 N–H and O–H groups in total. The van der Waals surface area contributed by atoms with Gasteiger partial charge in [-0.3, -0.25) is 14.6 Å². The van der Waals surface area contributed by atoms with Gasteiger partial charge in [0.25, 0.3) is 5.91 Å². The average molecular weight is 542 g/mol. The van der Waals surface area contributed by atoms with Gasteiger partial charge in [0.15, 0.2) is 0 Å². The Morgan fingerprint density at radius 1 is 1.00 bits per heavy atom. The number of nitrogens with one attached hydrogen (secondary N) is 1. The lowest BCUT2D eigenvalue weighted by Crippen LogP contribution is -2.33. The smallest absolute Gasteiger partial charge is 0.353 e. The molecule has 0 spiro atoms. The fraction of sp³-hybridized carbons (Fsp3) is 0.276. The lowest BCUT2D eigenvalue weighted by Gasteiger charge is -2.22. The second-order valence-electron chi connectivity index (χ2n) is 9.29. The number of aryl methyl sites for hydroxylation is 1. The van der Waals surface area contributed by atoms with Crippen LogP contribution in [-0.4, -0.2) is 58.0 Å². The first-order chi connectivity index (χ1) is 19.4. The van der Waals surface area contributed by atoms with Crippen LogP contribution >= 0.6 is 0 Å². The zero-order valence-electron chi connectivity index (χ0n) is 22.9. The minimum absolute atomic E-state index is 0.173. The number of hydrogen-bond acceptors (Lipinski definition) is 6. The Balaban J connectivity index is 1.44. The van der Waals surface area contributed by atoms with E-state index in [1.54, 1.807) is 41.2 Å². The van der Waals surface area contributed by atoms with Crippen LogP contribution in [0.1, 0.15) is 29.8 Å². The molecule has 206 valence electrons. The molecule has 40 heavy (non-hydrogen) atoms. The first-order valence-electron chi connectivity index (χ1n) is 13.1. The van der Waals surface area contributed by atoms with Crippen molar-refractivity contribution >= 4 is 23.4 Å². The number of hydrogen-bond donors (Lipinski definition) is 1. The van der Waals surface area contributed by atoms with Gasteiger partial charge in [0.2, 0.25) is 0 Å². The predicted octanol–water partition coefficient (Wildman–Crippen LogP) is 3.40. The summed E-state index contributed by atoms with van der Waals surface area (Å²) in [5, 5.41) is 6.90. The van der Waals surface area contributed by atoms with E-state index in [-0.39, 0.29) is 23.6 Å². The van der Waals surface area contributed by atoms with Crippen LogP contribution in [0.5, 0.6) is 6.01 Å². The molecule has 11 heteroatoms. The summed E-state index contributed by atoms with van der Waals surface area (Å²) in [6, 6.07) is 16.6. The quantitative estimate of drug-likeness (QED) is 0.366. The summed E-state index contributed by atoms with van der Waals surface area (Å²) in [6.07, 6.45) is 2.37. The van der Waals surface area contributed by atoms with Crippen LogP contribution in [0.3, 0.4) is 0 Å². The fourth-order valence-electron chi connectivity index (χ4n) is 4.97. The van der Waals surface area contributed by atoms with E-state index in [1.165, 1.54) is 16.4 Å². The number of carbonyl (C=O) groups excluding carboxylic acids is 2. The Hall–Kier alpha value is -4.93. The van der Waals surface area contributed by atoms with E-state index in [0.29, 0.717) is 48.8 Å². The third-order valence-corrected chi connectivity index (χ3v) is 6.92. The van der Waals surface area contributed by atoms with Gasteiger partial charge in [0, 0.05) is 49.7 Å². The summed E-state index contributed by atoms with van der Waals surface area (Å²) in [4.78, 5) is 46.4. The lowest BCUT2D eigenvalue weighted by atomic mass is 9.98. The highest BCUT2D eigenvalue weighted by molar-refractivity contribution is 6.07. The largest absolute Gasteiger partial charge is 0.467 e. The third kappa shape index (κ3) is 4.70. The molecule has 2 aromatic heterocycles. The third-order valence-electron chi connectivity index (χ3n) is 6.92. The maximum Gasteiger partial charge on any atom is 0.353 e. The second kappa shape index (κ2) is 11.0. The Morgan fingerprint density at radius 3 is 2.45 bits per heavy atom. The Kier molecular flexibility index (Phi) is 7.37. The first kappa shape index (κ1) is 26.7. The molecule has 4 aromatic rings. The summed E-state index contributed by atoms with van der Waals surface area (Å²) >= 11 is 0. The Bertz CT molecular complexity index is 1620. The maximum atomic E-state index is 13.6. The first-order valence-corrected chi connectivity index (χ1v) is 13.1. The van der Waals surface area contributed by atoms with Crippen molar-refractivity contribution in [1.29, 1.82) is 0 Å². The van der Waals surface area contributed by atoms with Crippen molar-refractivity contribution in [2.45, 2.75) is 20.3 Å². The van der Waals surface area contributed by atoms with Gasteiger partial charge in [0.05, 0.1) is 12.8 Å². The molecule has 5 rings (SSSR count). The van der Waals surface area contributed by atoms with Crippen LogP contribution in [0.25, 0.3) is 16.8 Å². The zero-order chi connectivity index (χ0) is 28.4. The van der Waals surface area contributed by atoms with E-state index < -0.39 is 0 Å².